The highest BCUT2D eigenvalue weighted by Gasteiger charge is 2.34. The monoisotopic (exact) mass is 356 g/mol. The van der Waals surface area contributed by atoms with Crippen LogP contribution in [-0.2, 0) is 4.79 Å². The van der Waals surface area contributed by atoms with E-state index in [9.17, 15) is 27.5 Å². The molecule has 0 fully saturated rings. The van der Waals surface area contributed by atoms with Crippen molar-refractivity contribution in [2.24, 2.45) is 15.9 Å². The zero-order valence-corrected chi connectivity index (χ0v) is 12.8. The number of nitrogens with zero attached hydrogens (tertiary/aromatic N) is 3. The zero-order valence-electron chi connectivity index (χ0n) is 12.8. The molecule has 132 valence electrons. The summed E-state index contributed by atoms with van der Waals surface area (Å²) in [6.45, 7) is 4.04. The van der Waals surface area contributed by atoms with E-state index in [1.807, 2.05) is 5.32 Å². The largest absolute Gasteiger partial charge is 0.506 e. The fraction of sp³-hybridized carbons (Fsp3) is 0.200. The molecule has 0 aliphatic heterocycles. The van der Waals surface area contributed by atoms with Gasteiger partial charge in [0, 0.05) is 6.21 Å². The van der Waals surface area contributed by atoms with Crippen molar-refractivity contribution in [1.29, 1.82) is 5.26 Å². The number of amides is 1. The minimum atomic E-state index is -4.54. The van der Waals surface area contributed by atoms with E-state index in [0.29, 0.717) is 6.21 Å². The Morgan fingerprint density at radius 1 is 1.48 bits per heavy atom. The van der Waals surface area contributed by atoms with Crippen LogP contribution in [0, 0.1) is 23.1 Å². The van der Waals surface area contributed by atoms with Gasteiger partial charge in [0.25, 0.3) is 5.91 Å². The molecule has 2 N–H and O–H groups in total. The third-order valence-electron chi connectivity index (χ3n) is 2.77. The van der Waals surface area contributed by atoms with Crippen LogP contribution >= 0.6 is 0 Å². The average molecular weight is 356 g/mol. The highest BCUT2D eigenvalue weighted by atomic mass is 19.4. The first-order valence-electron chi connectivity index (χ1n) is 6.63. The number of hydrogen-bond donors (Lipinski definition) is 2. The number of rotatable bonds is 4. The third kappa shape index (κ3) is 5.72. The predicted octanol–water partition coefficient (Wildman–Crippen LogP) is 3.17. The van der Waals surface area contributed by atoms with Crippen molar-refractivity contribution in [3.63, 3.8) is 0 Å². The molecule has 10 heteroatoms. The van der Waals surface area contributed by atoms with Gasteiger partial charge in [-0.2, -0.15) is 18.4 Å². The number of alkyl halides is 3. The Kier molecular flexibility index (Phi) is 6.38. The van der Waals surface area contributed by atoms with Crippen molar-refractivity contribution < 1.29 is 27.5 Å². The van der Waals surface area contributed by atoms with E-state index in [4.69, 9.17) is 5.26 Å². The molecule has 0 aromatic heterocycles. The fourth-order valence-corrected chi connectivity index (χ4v) is 1.35. The number of nitriles is 1. The highest BCUT2D eigenvalue weighted by molar-refractivity contribution is 6.08. The van der Waals surface area contributed by atoms with Crippen LogP contribution in [0.3, 0.4) is 0 Å². The van der Waals surface area contributed by atoms with Gasteiger partial charge < -0.3 is 10.4 Å². The van der Waals surface area contributed by atoms with E-state index in [1.54, 1.807) is 0 Å². The maximum absolute atomic E-state index is 13.5. The molecule has 6 nitrogen and oxygen atoms in total. The summed E-state index contributed by atoms with van der Waals surface area (Å²) >= 11 is 0. The van der Waals surface area contributed by atoms with E-state index < -0.39 is 46.8 Å². The van der Waals surface area contributed by atoms with Crippen LogP contribution in [0.5, 0.6) is 5.75 Å². The maximum atomic E-state index is 13.5. The van der Waals surface area contributed by atoms with Gasteiger partial charge >= 0.3 is 6.18 Å². The van der Waals surface area contributed by atoms with E-state index in [1.165, 1.54) is 12.1 Å². The molecule has 0 heterocycles. The molecule has 1 aromatic rings. The summed E-state index contributed by atoms with van der Waals surface area (Å²) in [5.74, 6) is -5.23. The highest BCUT2D eigenvalue weighted by Crippen LogP contribution is 2.26. The van der Waals surface area contributed by atoms with Crippen molar-refractivity contribution in [3.05, 3.63) is 36.3 Å². The molecule has 25 heavy (non-hydrogen) atoms. The molecule has 1 rings (SSSR count). The second-order valence-corrected chi connectivity index (χ2v) is 4.69. The quantitative estimate of drug-likeness (QED) is 0.285. The van der Waals surface area contributed by atoms with E-state index >= 15 is 0 Å². The number of phenolic OH excluding ortho intramolecular Hbond substituents is 1. The molecule has 0 saturated heterocycles. The first-order valence-corrected chi connectivity index (χ1v) is 6.63. The van der Waals surface area contributed by atoms with Crippen LogP contribution < -0.4 is 5.32 Å². The molecule has 1 unspecified atom stereocenters. The molecular weight excluding hydrogens is 344 g/mol. The van der Waals surface area contributed by atoms with Gasteiger partial charge in [0.1, 0.15) is 23.2 Å². The Bertz CT molecular complexity index is 758. The lowest BCUT2D eigenvalue weighted by atomic mass is 10.2. The fourth-order valence-electron chi connectivity index (χ4n) is 1.35. The number of phenols is 1. The predicted molar refractivity (Wildman–Crippen MR) is 82.6 cm³/mol. The minimum absolute atomic E-state index is 0.454. The third-order valence-corrected chi connectivity index (χ3v) is 2.77. The molecule has 0 aliphatic carbocycles. The molecular formula is C15H12F4N4O2. The first kappa shape index (κ1) is 19.8. The number of nitrogens with one attached hydrogen (secondary N) is 1. The van der Waals surface area contributed by atoms with Crippen LogP contribution in [0.2, 0.25) is 0 Å². The summed E-state index contributed by atoms with van der Waals surface area (Å²) in [7, 11) is 0. The Balaban J connectivity index is 2.90. The molecule has 0 radical (unpaired) electrons. The molecule has 0 spiro atoms. The van der Waals surface area contributed by atoms with Crippen LogP contribution in [0.25, 0.3) is 0 Å². The van der Waals surface area contributed by atoms with Crippen LogP contribution in [-0.4, -0.2) is 29.2 Å². The summed E-state index contributed by atoms with van der Waals surface area (Å²) < 4.78 is 50.6. The number of benzene rings is 1. The summed E-state index contributed by atoms with van der Waals surface area (Å²) in [5.41, 5.74) is -1.15. The first-order chi connectivity index (χ1) is 11.6. The Morgan fingerprint density at radius 2 is 2.12 bits per heavy atom. The number of anilines is 1. The van der Waals surface area contributed by atoms with E-state index in [2.05, 4.69) is 16.6 Å². The van der Waals surface area contributed by atoms with Crippen molar-refractivity contribution >= 4 is 23.6 Å². The van der Waals surface area contributed by atoms with Crippen molar-refractivity contribution in [3.8, 4) is 11.8 Å². The van der Waals surface area contributed by atoms with Gasteiger partial charge in [-0.3, -0.25) is 4.79 Å². The van der Waals surface area contributed by atoms with Crippen LogP contribution in [0.1, 0.15) is 6.92 Å². The van der Waals surface area contributed by atoms with Crippen LogP contribution in [0.4, 0.5) is 23.2 Å². The average Bonchev–Trinajstić information content (AvgIpc) is 2.53. The van der Waals surface area contributed by atoms with Crippen molar-refractivity contribution in [1.82, 2.24) is 0 Å². The summed E-state index contributed by atoms with van der Waals surface area (Å²) in [5, 5.41) is 20.3. The van der Waals surface area contributed by atoms with Crippen molar-refractivity contribution in [2.75, 3.05) is 5.32 Å². The smallest absolute Gasteiger partial charge is 0.396 e. The topological polar surface area (TPSA) is 97.8 Å². The second kappa shape index (κ2) is 8.05. The maximum Gasteiger partial charge on any atom is 0.396 e. The number of para-hydroxylation sites is 1. The number of carbonyl (C=O) groups excluding carboxylic acids is 1. The number of aliphatic imine (C=N–C) groups is 2. The lowest BCUT2D eigenvalue weighted by Gasteiger charge is -2.09. The van der Waals surface area contributed by atoms with Gasteiger partial charge in [0.15, 0.2) is 5.82 Å². The Morgan fingerprint density at radius 3 is 2.64 bits per heavy atom. The van der Waals surface area contributed by atoms with Gasteiger partial charge in [-0.15, -0.1) is 0 Å². The Labute approximate surface area is 139 Å². The lowest BCUT2D eigenvalue weighted by molar-refractivity contribution is -0.149. The molecule has 0 aliphatic rings. The van der Waals surface area contributed by atoms with Crippen molar-refractivity contribution in [2.45, 2.75) is 13.1 Å². The van der Waals surface area contributed by atoms with Gasteiger partial charge in [-0.1, -0.05) is 12.6 Å². The Hall–Kier alpha value is -3.22. The van der Waals surface area contributed by atoms with Gasteiger partial charge in [0.2, 0.25) is 5.84 Å². The summed E-state index contributed by atoms with van der Waals surface area (Å²) in [6.07, 6.45) is -4.09. The van der Waals surface area contributed by atoms with E-state index in [-0.39, 0.29) is 0 Å². The second-order valence-electron chi connectivity index (χ2n) is 4.69. The zero-order chi connectivity index (χ0) is 19.2. The molecule has 1 amide bonds. The molecule has 0 saturated carbocycles. The normalized spacial score (nSPS) is 13.4. The number of aromatic hydroxyl groups is 1. The molecule has 1 atom stereocenters. The number of hydrogen-bond acceptors (Lipinski definition) is 4. The van der Waals surface area contributed by atoms with Gasteiger partial charge in [-0.05, 0) is 19.1 Å². The standard InChI is InChI=1S/C15H12F4N4O2/c1-8(15(17,18)19)7-21-12(6-20)22-9(2)14(25)23-13-10(16)4-3-5-11(13)24/h3-5,7-8,24H,2H2,1H3,(H,23,25). The van der Waals surface area contributed by atoms with Crippen LogP contribution in [0.15, 0.2) is 40.5 Å². The minimum Gasteiger partial charge on any atom is -0.506 e. The molecule has 1 aromatic carbocycles. The summed E-state index contributed by atoms with van der Waals surface area (Å²) in [6, 6.07) is 4.70. The number of carbonyl (C=O) groups is 1. The lowest BCUT2D eigenvalue weighted by Crippen LogP contribution is -2.21. The van der Waals surface area contributed by atoms with E-state index in [0.717, 1.165) is 19.1 Å². The van der Waals surface area contributed by atoms with Gasteiger partial charge in [0.05, 0.1) is 5.92 Å². The number of amidine groups is 1. The number of halogens is 4. The SMILES string of the molecule is C=C(N=C(C#N)N=CC(C)C(F)(F)F)C(=O)Nc1c(O)cccc1F. The summed E-state index contributed by atoms with van der Waals surface area (Å²) in [4.78, 5) is 18.5. The van der Waals surface area contributed by atoms with Gasteiger partial charge in [-0.25, -0.2) is 14.4 Å². The molecule has 0 bridgehead atoms.